The Morgan fingerprint density at radius 2 is 0.708 bits per heavy atom. The molecule has 222 valence electrons. The molecule has 0 amide bonds. The minimum atomic E-state index is -1.16. The van der Waals surface area contributed by atoms with E-state index in [-0.39, 0.29) is 0 Å². The second-order valence-electron chi connectivity index (χ2n) is 10.5. The van der Waals surface area contributed by atoms with Crippen molar-refractivity contribution in [1.29, 1.82) is 0 Å². The van der Waals surface area contributed by atoms with Crippen LogP contribution in [0.25, 0.3) is 98.0 Å². The maximum absolute atomic E-state index is 10.3. The molecule has 0 aliphatic carbocycles. The maximum atomic E-state index is 10.3. The summed E-state index contributed by atoms with van der Waals surface area (Å²) in [6.07, 6.45) is 0. The number of hydrogen-bond donors (Lipinski definition) is 0. The smallest absolute Gasteiger partial charge is 0.0616 e. The van der Waals surface area contributed by atoms with E-state index in [1.54, 1.807) is 0 Å². The molecule has 0 aliphatic rings. The lowest BCUT2D eigenvalue weighted by Crippen LogP contribution is -1.93. The zero-order valence-electron chi connectivity index (χ0n) is 54.0. The molecule has 0 saturated carbocycles. The van der Waals surface area contributed by atoms with Crippen molar-refractivity contribution in [2.45, 2.75) is 0 Å². The van der Waals surface area contributed by atoms with E-state index >= 15 is 0 Å². The predicted molar refractivity (Wildman–Crippen MR) is 208 cm³/mol. The Balaban J connectivity index is 1.65. The molecule has 10 rings (SSSR count). The molecule has 10 aromatic carbocycles. The molecule has 0 heterocycles. The molecule has 0 saturated heterocycles. The number of fused-ring (bicyclic) bond motifs is 7. The second-order valence-corrected chi connectivity index (χ2v) is 10.5. The van der Waals surface area contributed by atoms with Gasteiger partial charge >= 0.3 is 0 Å². The van der Waals surface area contributed by atoms with E-state index in [1.807, 2.05) is 0 Å². The molecule has 10 aromatic rings. The Bertz CT molecular complexity index is 4600. The normalized spacial score (nSPS) is 20.5. The van der Waals surface area contributed by atoms with Gasteiger partial charge in [0.15, 0.2) is 0 Å². The van der Waals surface area contributed by atoms with Gasteiger partial charge < -0.3 is 0 Å². The van der Waals surface area contributed by atoms with Gasteiger partial charge in [-0.25, -0.2) is 0 Å². The molecule has 0 radical (unpaired) electrons. The summed E-state index contributed by atoms with van der Waals surface area (Å²) in [6.45, 7) is 0. The Kier molecular flexibility index (Phi) is 2.36. The van der Waals surface area contributed by atoms with Gasteiger partial charge in [0.2, 0.25) is 0 Å². The van der Waals surface area contributed by atoms with Gasteiger partial charge in [-0.1, -0.05) is 157 Å². The van der Waals surface area contributed by atoms with Crippen LogP contribution in [0.4, 0.5) is 0 Å². The van der Waals surface area contributed by atoms with Crippen molar-refractivity contribution in [2.75, 3.05) is 0 Å². The zero-order chi connectivity index (χ0) is 57.7. The van der Waals surface area contributed by atoms with Crippen LogP contribution >= 0.6 is 0 Å². The van der Waals surface area contributed by atoms with Crippen LogP contribution in [-0.4, -0.2) is 0 Å². The van der Waals surface area contributed by atoms with Crippen molar-refractivity contribution in [1.82, 2.24) is 0 Å². The highest BCUT2D eigenvalue weighted by Crippen LogP contribution is 2.47. The average Bonchev–Trinajstić information content (AvgIpc) is 3.40. The lowest BCUT2D eigenvalue weighted by Gasteiger charge is -2.20. The summed E-state index contributed by atoms with van der Waals surface area (Å²) in [7, 11) is 0. The molecule has 0 heteroatoms. The summed E-state index contributed by atoms with van der Waals surface area (Å²) in [4.78, 5) is 0. The highest BCUT2D eigenvalue weighted by molar-refractivity contribution is 6.26. The quantitative estimate of drug-likeness (QED) is 0.134. The fourth-order valence-corrected chi connectivity index (χ4v) is 5.81. The van der Waals surface area contributed by atoms with Crippen molar-refractivity contribution in [3.63, 3.8) is 0 Å². The van der Waals surface area contributed by atoms with Gasteiger partial charge in [-0.2, -0.15) is 0 Å². The summed E-state index contributed by atoms with van der Waals surface area (Å²) < 4.78 is 274. The van der Waals surface area contributed by atoms with Crippen molar-refractivity contribution in [2.24, 2.45) is 0 Å². The molecule has 0 spiro atoms. The highest BCUT2D eigenvalue weighted by Gasteiger charge is 2.20. The summed E-state index contributed by atoms with van der Waals surface area (Å²) in [5, 5.41) is -8.90. The Morgan fingerprint density at radius 1 is 0.250 bits per heavy atom. The predicted octanol–water partition coefficient (Wildman–Crippen LogP) is 13.6. The molecule has 0 nitrogen and oxygen atoms in total. The molecule has 48 heavy (non-hydrogen) atoms. The largest absolute Gasteiger partial charge is 0.0636 e. The summed E-state index contributed by atoms with van der Waals surface area (Å²) in [6, 6.07) is -29.5. The van der Waals surface area contributed by atoms with Crippen LogP contribution in [0.15, 0.2) is 181 Å². The number of benzene rings is 10. The molecule has 0 aromatic heterocycles. The van der Waals surface area contributed by atoms with E-state index in [0.29, 0.717) is 0 Å². The first kappa shape index (κ1) is 10.6. The second kappa shape index (κ2) is 10.7. The van der Waals surface area contributed by atoms with Gasteiger partial charge in [0.1, 0.15) is 0 Å². The van der Waals surface area contributed by atoms with Gasteiger partial charge in [-0.05, 0) is 122 Å². The molecule has 0 fully saturated rings. The van der Waals surface area contributed by atoms with Crippen molar-refractivity contribution < 1.29 is 41.1 Å². The monoisotopic (exact) mass is 636 g/mol. The Morgan fingerprint density at radius 3 is 1.42 bits per heavy atom. The van der Waals surface area contributed by atoms with Gasteiger partial charge in [-0.3, -0.25) is 0 Å². The Labute approximate surface area is 321 Å². The molecular formula is C48H30. The summed E-state index contributed by atoms with van der Waals surface area (Å²) in [5.41, 5.74) is -5.28. The molecular weight excluding hydrogens is 577 g/mol. The minimum Gasteiger partial charge on any atom is -0.0616 e. The first-order valence-electron chi connectivity index (χ1n) is 29.2. The van der Waals surface area contributed by atoms with Gasteiger partial charge in [-0.15, -0.1) is 0 Å². The minimum absolute atomic E-state index is 0.618. The van der Waals surface area contributed by atoms with Crippen LogP contribution in [0, 0.1) is 0 Å². The van der Waals surface area contributed by atoms with Crippen LogP contribution in [0.5, 0.6) is 0 Å². The molecule has 0 atom stereocenters. The fraction of sp³-hybridized carbons (Fsp3) is 0. The van der Waals surface area contributed by atoms with E-state index < -0.39 is 279 Å². The highest BCUT2D eigenvalue weighted by atomic mass is 14.2. The van der Waals surface area contributed by atoms with Crippen LogP contribution in [0.3, 0.4) is 0 Å². The molecule has 0 bridgehead atoms. The Hall–Kier alpha value is -6.24. The van der Waals surface area contributed by atoms with Gasteiger partial charge in [0.05, 0.1) is 41.1 Å². The summed E-state index contributed by atoms with van der Waals surface area (Å²) in [5.74, 6) is 0. The third-order valence-corrected chi connectivity index (χ3v) is 7.88. The van der Waals surface area contributed by atoms with Crippen LogP contribution < -0.4 is 0 Å². The van der Waals surface area contributed by atoms with E-state index in [9.17, 15) is 17.8 Å². The third kappa shape index (κ3) is 4.16. The lowest BCUT2D eigenvalue weighted by molar-refractivity contribution is 1.66. The van der Waals surface area contributed by atoms with E-state index in [1.165, 1.54) is 0 Å². The molecule has 0 N–H and O–H groups in total. The van der Waals surface area contributed by atoms with Crippen LogP contribution in [-0.2, 0) is 0 Å². The van der Waals surface area contributed by atoms with E-state index in [4.69, 9.17) is 23.3 Å². The topological polar surface area (TPSA) is 0 Å². The standard InChI is InChI=1S/C48H30/c1-3-13-33-27-35(23-21-31(33)11-1)36-25-26-44-46(29-36)48(45-30-37-15-5-6-16-39(37)40-17-7-8-18-41(40)45)43-20-10-9-19-42(43)47(44)38-24-22-32-12-2-4-14-34(32)28-38/h1-30H/i1D,2D,3D,4D,5D,6D,7D,8D,9D,10D,11D,12D,13D,14D,15D,16D,17D,18D,19D,20D,21D,22D,23D,24D,25D,26D,27D,28D,29D,30D. The zero-order valence-corrected chi connectivity index (χ0v) is 24.0. The van der Waals surface area contributed by atoms with Crippen molar-refractivity contribution in [3.05, 3.63) is 181 Å². The summed E-state index contributed by atoms with van der Waals surface area (Å²) >= 11 is 0. The molecule has 0 unspecified atom stereocenters. The van der Waals surface area contributed by atoms with E-state index in [2.05, 4.69) is 0 Å². The van der Waals surface area contributed by atoms with Gasteiger partial charge in [0.25, 0.3) is 0 Å². The average molecular weight is 637 g/mol. The van der Waals surface area contributed by atoms with Gasteiger partial charge in [0, 0.05) is 0 Å². The SMILES string of the molecule is [2H]c1c([2H])c([2H])c2c([2H])c(-c3c([2H])c([2H])c4c(-c5c([2H])c([2H])c6c([2H])c([2H])c([2H])c([2H])c6c5[2H])c5c([2H])c([2H])c([2H])c([2H])c5c(-c5c([2H])c6c([2H])c([2H])c([2H])c([2H])c6c6c([2H])c([2H])c([2H])c([2H])c56)c4c3[2H])c([2H])c([2H])c2c1[2H]. The lowest BCUT2D eigenvalue weighted by atomic mass is 9.82. The third-order valence-electron chi connectivity index (χ3n) is 7.88. The van der Waals surface area contributed by atoms with Crippen LogP contribution in [0.1, 0.15) is 41.1 Å². The number of hydrogen-bond acceptors (Lipinski definition) is 0. The molecule has 0 aliphatic heterocycles. The number of rotatable bonds is 3. The maximum Gasteiger partial charge on any atom is 0.0636 e. The van der Waals surface area contributed by atoms with E-state index in [0.717, 1.165) is 0 Å². The first-order chi connectivity index (χ1) is 36.3. The van der Waals surface area contributed by atoms with Crippen molar-refractivity contribution >= 4 is 64.6 Å². The fourth-order valence-electron chi connectivity index (χ4n) is 5.81. The first-order valence-corrected chi connectivity index (χ1v) is 14.2. The van der Waals surface area contributed by atoms with Crippen molar-refractivity contribution in [3.8, 4) is 33.4 Å². The van der Waals surface area contributed by atoms with Crippen LogP contribution in [0.2, 0.25) is 0 Å².